The van der Waals surface area contributed by atoms with Gasteiger partial charge in [-0.2, -0.15) is 0 Å². The Morgan fingerprint density at radius 2 is 1.64 bits per heavy atom. The number of hydrogen-bond acceptors (Lipinski definition) is 4. The van der Waals surface area contributed by atoms with E-state index in [1.54, 1.807) is 20.4 Å². The van der Waals surface area contributed by atoms with Crippen molar-refractivity contribution in [2.75, 3.05) is 14.2 Å². The molecule has 0 aliphatic carbocycles. The van der Waals surface area contributed by atoms with Crippen LogP contribution in [0.3, 0.4) is 0 Å². The maximum atomic E-state index is 5.30. The smallest absolute Gasteiger partial charge is 0.0723 e. The van der Waals surface area contributed by atoms with Crippen molar-refractivity contribution in [3.63, 3.8) is 0 Å². The summed E-state index contributed by atoms with van der Waals surface area (Å²) in [6.45, 7) is 1.14. The molecule has 0 spiro atoms. The molecule has 0 saturated heterocycles. The van der Waals surface area contributed by atoms with Gasteiger partial charge in [0.1, 0.15) is 0 Å². The van der Waals surface area contributed by atoms with Gasteiger partial charge < -0.3 is 9.47 Å². The quantitative estimate of drug-likeness (QED) is 0.721. The molecule has 0 radical (unpaired) electrons. The highest BCUT2D eigenvalue weighted by atomic mass is 16.5. The van der Waals surface area contributed by atoms with Crippen LogP contribution < -0.4 is 0 Å². The molecule has 0 atom stereocenters. The number of fused-ring (bicyclic) bond motifs is 1. The molecule has 0 aliphatic heterocycles. The minimum atomic E-state index is 0.568. The predicted octanol–water partition coefficient (Wildman–Crippen LogP) is 3.59. The normalized spacial score (nSPS) is 11.0. The molecular weight excluding hydrogens is 276 g/mol. The van der Waals surface area contributed by atoms with Crippen molar-refractivity contribution in [3.05, 3.63) is 60.0 Å². The molecule has 4 heteroatoms. The number of pyridine rings is 2. The number of benzene rings is 1. The topological polar surface area (TPSA) is 44.2 Å². The van der Waals surface area contributed by atoms with E-state index in [2.05, 4.69) is 28.2 Å². The largest absolute Gasteiger partial charge is 0.380 e. The number of ether oxygens (including phenoxy) is 2. The monoisotopic (exact) mass is 294 g/mol. The van der Waals surface area contributed by atoms with E-state index < -0.39 is 0 Å². The molecule has 0 amide bonds. The van der Waals surface area contributed by atoms with Crippen LogP contribution in [0.4, 0.5) is 0 Å². The number of rotatable bonds is 5. The average Bonchev–Trinajstić information content (AvgIpc) is 2.56. The molecule has 0 unspecified atom stereocenters. The Hall–Kier alpha value is -2.30. The molecule has 0 saturated carbocycles. The molecule has 22 heavy (non-hydrogen) atoms. The Morgan fingerprint density at radius 1 is 0.909 bits per heavy atom. The molecule has 2 aromatic heterocycles. The molecule has 0 bridgehead atoms. The van der Waals surface area contributed by atoms with Crippen molar-refractivity contribution in [2.24, 2.45) is 0 Å². The predicted molar refractivity (Wildman–Crippen MR) is 86.4 cm³/mol. The van der Waals surface area contributed by atoms with Crippen LogP contribution in [0.5, 0.6) is 0 Å². The van der Waals surface area contributed by atoms with Gasteiger partial charge in [0.2, 0.25) is 0 Å². The lowest BCUT2D eigenvalue weighted by molar-refractivity contribution is 0.168. The van der Waals surface area contributed by atoms with E-state index in [0.717, 1.165) is 33.2 Å². The van der Waals surface area contributed by atoms with E-state index in [-0.39, 0.29) is 0 Å². The summed E-state index contributed by atoms with van der Waals surface area (Å²) in [4.78, 5) is 8.69. The van der Waals surface area contributed by atoms with Crippen molar-refractivity contribution >= 4 is 10.8 Å². The zero-order valence-electron chi connectivity index (χ0n) is 12.7. The average molecular weight is 294 g/mol. The first-order chi connectivity index (χ1) is 10.8. The summed E-state index contributed by atoms with van der Waals surface area (Å²) in [5, 5.41) is 2.24. The molecular formula is C18H18N2O2. The third-order valence-electron chi connectivity index (χ3n) is 3.60. The number of hydrogen-bond donors (Lipinski definition) is 0. The van der Waals surface area contributed by atoms with Crippen LogP contribution in [0.2, 0.25) is 0 Å². The lowest BCUT2D eigenvalue weighted by Crippen LogP contribution is -1.98. The molecule has 3 rings (SSSR count). The van der Waals surface area contributed by atoms with E-state index in [4.69, 9.17) is 9.47 Å². The van der Waals surface area contributed by atoms with Gasteiger partial charge in [-0.3, -0.25) is 9.97 Å². The molecule has 0 N–H and O–H groups in total. The molecule has 4 nitrogen and oxygen atoms in total. The maximum Gasteiger partial charge on any atom is 0.0723 e. The Bertz CT molecular complexity index is 773. The van der Waals surface area contributed by atoms with Crippen molar-refractivity contribution in [1.82, 2.24) is 9.97 Å². The van der Waals surface area contributed by atoms with Crippen LogP contribution >= 0.6 is 0 Å². The van der Waals surface area contributed by atoms with Crippen LogP contribution in [0.15, 0.2) is 48.9 Å². The summed E-state index contributed by atoms with van der Waals surface area (Å²) in [7, 11) is 3.40. The first kappa shape index (κ1) is 14.6. The number of methoxy groups -OCH3 is 2. The second-order valence-electron chi connectivity index (χ2n) is 5.15. The van der Waals surface area contributed by atoms with E-state index in [9.17, 15) is 0 Å². The molecule has 0 fully saturated rings. The second-order valence-corrected chi connectivity index (χ2v) is 5.15. The Kier molecular flexibility index (Phi) is 4.42. The minimum Gasteiger partial charge on any atom is -0.380 e. The fourth-order valence-electron chi connectivity index (χ4n) is 2.54. The SMILES string of the molecule is COCc1cc2cnc(-c3cccnc3)cc2cc1COC. The van der Waals surface area contributed by atoms with Gasteiger partial charge in [0, 0.05) is 43.8 Å². The Labute approximate surface area is 129 Å². The van der Waals surface area contributed by atoms with Crippen molar-refractivity contribution < 1.29 is 9.47 Å². The van der Waals surface area contributed by atoms with Crippen molar-refractivity contribution in [2.45, 2.75) is 13.2 Å². The van der Waals surface area contributed by atoms with Gasteiger partial charge >= 0.3 is 0 Å². The summed E-state index contributed by atoms with van der Waals surface area (Å²) in [6.07, 6.45) is 5.48. The maximum absolute atomic E-state index is 5.30. The van der Waals surface area contributed by atoms with E-state index in [0.29, 0.717) is 13.2 Å². The van der Waals surface area contributed by atoms with Crippen molar-refractivity contribution in [3.8, 4) is 11.3 Å². The Balaban J connectivity index is 2.09. The van der Waals surface area contributed by atoms with Gasteiger partial charge in [-0.1, -0.05) is 0 Å². The lowest BCUT2D eigenvalue weighted by Gasteiger charge is -2.11. The minimum absolute atomic E-state index is 0.568. The summed E-state index contributed by atoms with van der Waals surface area (Å²) in [5.74, 6) is 0. The van der Waals surface area contributed by atoms with Crippen LogP contribution in [0.1, 0.15) is 11.1 Å². The number of nitrogens with zero attached hydrogens (tertiary/aromatic N) is 2. The van der Waals surface area contributed by atoms with Gasteiger partial charge in [-0.05, 0) is 46.8 Å². The third kappa shape index (κ3) is 2.98. The Morgan fingerprint density at radius 3 is 2.27 bits per heavy atom. The molecule has 0 aliphatic rings. The van der Waals surface area contributed by atoms with Gasteiger partial charge in [0.05, 0.1) is 18.9 Å². The highest BCUT2D eigenvalue weighted by molar-refractivity contribution is 5.86. The van der Waals surface area contributed by atoms with E-state index >= 15 is 0 Å². The van der Waals surface area contributed by atoms with Crippen LogP contribution in [0, 0.1) is 0 Å². The highest BCUT2D eigenvalue weighted by Crippen LogP contribution is 2.25. The van der Waals surface area contributed by atoms with Gasteiger partial charge in [-0.15, -0.1) is 0 Å². The fraction of sp³-hybridized carbons (Fsp3) is 0.222. The third-order valence-corrected chi connectivity index (χ3v) is 3.60. The van der Waals surface area contributed by atoms with Crippen molar-refractivity contribution in [1.29, 1.82) is 0 Å². The van der Waals surface area contributed by atoms with Crippen LogP contribution in [-0.4, -0.2) is 24.2 Å². The molecule has 1 aromatic carbocycles. The zero-order valence-corrected chi connectivity index (χ0v) is 12.7. The summed E-state index contributed by atoms with van der Waals surface area (Å²) < 4.78 is 10.6. The van der Waals surface area contributed by atoms with Gasteiger partial charge in [0.25, 0.3) is 0 Å². The first-order valence-corrected chi connectivity index (χ1v) is 7.11. The van der Waals surface area contributed by atoms with E-state index in [1.165, 1.54) is 0 Å². The van der Waals surface area contributed by atoms with Gasteiger partial charge in [-0.25, -0.2) is 0 Å². The highest BCUT2D eigenvalue weighted by Gasteiger charge is 2.07. The summed E-state index contributed by atoms with van der Waals surface area (Å²) >= 11 is 0. The fourth-order valence-corrected chi connectivity index (χ4v) is 2.54. The zero-order chi connectivity index (χ0) is 15.4. The lowest BCUT2D eigenvalue weighted by atomic mass is 10.0. The summed E-state index contributed by atoms with van der Waals surface area (Å²) in [6, 6.07) is 10.3. The molecule has 2 heterocycles. The van der Waals surface area contributed by atoms with Crippen LogP contribution in [-0.2, 0) is 22.7 Å². The first-order valence-electron chi connectivity index (χ1n) is 7.11. The number of aromatic nitrogens is 2. The van der Waals surface area contributed by atoms with Gasteiger partial charge in [0.15, 0.2) is 0 Å². The standard InChI is InChI=1S/C18H18N2O2/c1-21-11-16-6-14-8-18(13-4-3-5-19-9-13)20-10-15(14)7-17(16)12-22-2/h3-10H,11-12H2,1-2H3. The molecule has 112 valence electrons. The van der Waals surface area contributed by atoms with E-state index in [1.807, 2.05) is 24.5 Å². The van der Waals surface area contributed by atoms with Crippen LogP contribution in [0.25, 0.3) is 22.0 Å². The second kappa shape index (κ2) is 6.64. The molecule has 3 aromatic rings. The summed E-state index contributed by atoms with van der Waals surface area (Å²) in [5.41, 5.74) is 4.20.